The number of aliphatic carboxylic acids is 1. The summed E-state index contributed by atoms with van der Waals surface area (Å²) in [6, 6.07) is 25.4. The van der Waals surface area contributed by atoms with Crippen molar-refractivity contribution in [3.05, 3.63) is 95.6 Å². The van der Waals surface area contributed by atoms with Crippen LogP contribution >= 0.6 is 0 Å². The molecule has 2 aliphatic rings. The fourth-order valence-electron chi connectivity index (χ4n) is 5.87. The third kappa shape index (κ3) is 6.18. The highest BCUT2D eigenvalue weighted by atomic mass is 16.5. The fourth-order valence-corrected chi connectivity index (χ4v) is 5.87. The second-order valence-corrected chi connectivity index (χ2v) is 10.8. The van der Waals surface area contributed by atoms with Gasteiger partial charge in [-0.25, -0.2) is 4.79 Å². The lowest BCUT2D eigenvalue weighted by Gasteiger charge is -2.42. The van der Waals surface area contributed by atoms with Crippen LogP contribution in [0.3, 0.4) is 0 Å². The molecule has 208 valence electrons. The first kappa shape index (κ1) is 27.4. The quantitative estimate of drug-likeness (QED) is 0.367. The van der Waals surface area contributed by atoms with Crippen LogP contribution in [-0.2, 0) is 20.9 Å². The van der Waals surface area contributed by atoms with Gasteiger partial charge in [0, 0.05) is 25.6 Å². The van der Waals surface area contributed by atoms with E-state index in [1.54, 1.807) is 6.92 Å². The van der Waals surface area contributed by atoms with E-state index in [9.17, 15) is 19.5 Å². The van der Waals surface area contributed by atoms with Crippen molar-refractivity contribution in [2.75, 3.05) is 19.7 Å². The van der Waals surface area contributed by atoms with Crippen molar-refractivity contribution >= 4 is 18.0 Å². The highest BCUT2D eigenvalue weighted by Crippen LogP contribution is 2.44. The fraction of sp³-hybridized carbons (Fsp3) is 0.344. The maximum atomic E-state index is 13.1. The molecule has 3 aromatic rings. The van der Waals surface area contributed by atoms with E-state index in [0.29, 0.717) is 25.9 Å². The van der Waals surface area contributed by atoms with E-state index in [1.165, 1.54) is 5.56 Å². The van der Waals surface area contributed by atoms with E-state index in [0.717, 1.165) is 28.8 Å². The van der Waals surface area contributed by atoms with Gasteiger partial charge in [-0.05, 0) is 47.6 Å². The molecule has 0 unspecified atom stereocenters. The molecule has 1 aliphatic carbocycles. The van der Waals surface area contributed by atoms with Crippen LogP contribution in [0, 0.1) is 0 Å². The Hall–Kier alpha value is -4.17. The molecule has 0 aromatic heterocycles. The van der Waals surface area contributed by atoms with Crippen molar-refractivity contribution in [2.45, 2.75) is 50.2 Å². The molecule has 1 atom stereocenters. The molecular weight excluding hydrogens is 506 g/mol. The van der Waals surface area contributed by atoms with Gasteiger partial charge >= 0.3 is 12.1 Å². The summed E-state index contributed by atoms with van der Waals surface area (Å²) in [7, 11) is 0. The zero-order valence-corrected chi connectivity index (χ0v) is 22.6. The minimum Gasteiger partial charge on any atom is -0.481 e. The second-order valence-electron chi connectivity index (χ2n) is 10.8. The molecule has 0 bridgehead atoms. The number of carboxylic acids is 1. The largest absolute Gasteiger partial charge is 0.481 e. The van der Waals surface area contributed by atoms with Gasteiger partial charge in [-0.1, -0.05) is 78.9 Å². The first-order valence-electron chi connectivity index (χ1n) is 13.8. The Balaban J connectivity index is 1.15. The minimum absolute atomic E-state index is 0.0813. The molecule has 0 spiro atoms. The number of nitrogens with zero attached hydrogens (tertiary/aromatic N) is 1. The number of carboxylic acid groups (broad SMARTS) is 1. The summed E-state index contributed by atoms with van der Waals surface area (Å²) < 4.78 is 5.58. The summed E-state index contributed by atoms with van der Waals surface area (Å²) in [5.41, 5.74) is 4.82. The predicted molar refractivity (Wildman–Crippen MR) is 152 cm³/mol. The molecule has 3 N–H and O–H groups in total. The molecular formula is C32H35N3O5. The third-order valence-electron chi connectivity index (χ3n) is 8.01. The predicted octanol–water partition coefficient (Wildman–Crippen LogP) is 4.54. The van der Waals surface area contributed by atoms with Crippen molar-refractivity contribution in [3.8, 4) is 11.1 Å². The van der Waals surface area contributed by atoms with E-state index >= 15 is 0 Å². The standard InChI is InChI=1S/C32H35N3O5/c1-22(33-31(39)40-21-28-26-13-7-5-11-24(26)25-12-6-8-14-27(25)28)30(38)34-32(19-29(36)37)15-17-35(18-16-32)20-23-9-3-2-4-10-23/h2-14,22,28H,15-21H2,1H3,(H,33,39)(H,34,38)(H,36,37)/t22-/m0/s1. The number of rotatable bonds is 9. The number of carbonyl (C=O) groups is 3. The average Bonchev–Trinajstić information content (AvgIpc) is 3.27. The van der Waals surface area contributed by atoms with Crippen LogP contribution in [0.5, 0.6) is 0 Å². The number of carbonyl (C=O) groups excluding carboxylic acids is 2. The Morgan fingerprint density at radius 1 is 0.925 bits per heavy atom. The average molecular weight is 542 g/mol. The zero-order chi connectivity index (χ0) is 28.1. The Morgan fingerprint density at radius 3 is 2.10 bits per heavy atom. The summed E-state index contributed by atoms with van der Waals surface area (Å²) in [6.45, 7) is 3.83. The first-order chi connectivity index (χ1) is 19.3. The van der Waals surface area contributed by atoms with Gasteiger partial charge in [-0.15, -0.1) is 0 Å². The molecule has 1 fully saturated rings. The smallest absolute Gasteiger partial charge is 0.407 e. The van der Waals surface area contributed by atoms with E-state index in [1.807, 2.05) is 54.6 Å². The SMILES string of the molecule is C[C@H](NC(=O)OCC1c2ccccc2-c2ccccc21)C(=O)NC1(CC(=O)O)CCN(Cc2ccccc2)CC1. The molecule has 1 heterocycles. The Kier molecular flexibility index (Phi) is 8.16. The lowest BCUT2D eigenvalue weighted by Crippen LogP contribution is -2.59. The van der Waals surface area contributed by atoms with E-state index in [2.05, 4.69) is 39.8 Å². The summed E-state index contributed by atoms with van der Waals surface area (Å²) in [5.74, 6) is -1.47. The number of hydrogen-bond donors (Lipinski definition) is 3. The number of benzene rings is 3. The van der Waals surface area contributed by atoms with Gasteiger partial charge in [0.2, 0.25) is 5.91 Å². The van der Waals surface area contributed by atoms with Crippen molar-refractivity contribution in [1.82, 2.24) is 15.5 Å². The summed E-state index contributed by atoms with van der Waals surface area (Å²) >= 11 is 0. The van der Waals surface area contributed by atoms with Gasteiger partial charge in [0.25, 0.3) is 0 Å². The number of fused-ring (bicyclic) bond motifs is 3. The molecule has 8 nitrogen and oxygen atoms in total. The van der Waals surface area contributed by atoms with Crippen molar-refractivity contribution in [3.63, 3.8) is 0 Å². The number of amides is 2. The van der Waals surface area contributed by atoms with Crippen LogP contribution in [0.25, 0.3) is 11.1 Å². The molecule has 1 saturated heterocycles. The zero-order valence-electron chi connectivity index (χ0n) is 22.6. The molecule has 1 aliphatic heterocycles. The van der Waals surface area contributed by atoms with Crippen molar-refractivity contribution < 1.29 is 24.2 Å². The number of ether oxygens (including phenoxy) is 1. The number of alkyl carbamates (subject to hydrolysis) is 1. The Morgan fingerprint density at radius 2 is 1.50 bits per heavy atom. The molecule has 8 heteroatoms. The van der Waals surface area contributed by atoms with Gasteiger partial charge in [0.1, 0.15) is 12.6 Å². The molecule has 5 rings (SSSR count). The normalized spacial score (nSPS) is 16.8. The number of nitrogens with one attached hydrogen (secondary N) is 2. The summed E-state index contributed by atoms with van der Waals surface area (Å²) in [6.07, 6.45) is 0.162. The highest BCUT2D eigenvalue weighted by Gasteiger charge is 2.39. The molecule has 40 heavy (non-hydrogen) atoms. The van der Waals surface area contributed by atoms with Gasteiger partial charge < -0.3 is 20.5 Å². The highest BCUT2D eigenvalue weighted by molar-refractivity contribution is 5.86. The van der Waals surface area contributed by atoms with Crippen molar-refractivity contribution in [1.29, 1.82) is 0 Å². The Labute approximate surface area is 234 Å². The van der Waals surface area contributed by atoms with Crippen LogP contribution in [0.4, 0.5) is 4.79 Å². The third-order valence-corrected chi connectivity index (χ3v) is 8.01. The molecule has 3 aromatic carbocycles. The Bertz CT molecular complexity index is 1320. The topological polar surface area (TPSA) is 108 Å². The van der Waals surface area contributed by atoms with Gasteiger partial charge in [-0.3, -0.25) is 14.5 Å². The first-order valence-corrected chi connectivity index (χ1v) is 13.8. The minimum atomic E-state index is -0.964. The molecule has 0 radical (unpaired) electrons. The van der Waals surface area contributed by atoms with Gasteiger partial charge in [0.15, 0.2) is 0 Å². The second kappa shape index (κ2) is 11.9. The number of piperidine rings is 1. The maximum Gasteiger partial charge on any atom is 0.407 e. The lowest BCUT2D eigenvalue weighted by molar-refractivity contribution is -0.140. The maximum absolute atomic E-state index is 13.1. The van der Waals surface area contributed by atoms with Gasteiger partial charge in [-0.2, -0.15) is 0 Å². The van der Waals surface area contributed by atoms with Crippen LogP contribution in [0.2, 0.25) is 0 Å². The van der Waals surface area contributed by atoms with E-state index < -0.39 is 29.6 Å². The van der Waals surface area contributed by atoms with Crippen LogP contribution < -0.4 is 10.6 Å². The van der Waals surface area contributed by atoms with Crippen LogP contribution in [-0.4, -0.2) is 59.3 Å². The van der Waals surface area contributed by atoms with E-state index in [-0.39, 0.29) is 18.9 Å². The number of hydrogen-bond acceptors (Lipinski definition) is 5. The van der Waals surface area contributed by atoms with Gasteiger partial charge in [0.05, 0.1) is 12.0 Å². The van der Waals surface area contributed by atoms with Crippen LogP contribution in [0.15, 0.2) is 78.9 Å². The monoisotopic (exact) mass is 541 g/mol. The van der Waals surface area contributed by atoms with E-state index in [4.69, 9.17) is 4.74 Å². The molecule has 0 saturated carbocycles. The lowest BCUT2D eigenvalue weighted by atomic mass is 9.83. The van der Waals surface area contributed by atoms with Crippen LogP contribution in [0.1, 0.15) is 48.8 Å². The summed E-state index contributed by atoms with van der Waals surface area (Å²) in [4.78, 5) is 39.8. The molecule has 2 amide bonds. The summed E-state index contributed by atoms with van der Waals surface area (Å²) in [5, 5.41) is 15.2. The van der Waals surface area contributed by atoms with Crippen molar-refractivity contribution in [2.24, 2.45) is 0 Å². The number of likely N-dealkylation sites (tertiary alicyclic amines) is 1.